The molecule has 0 unspecified atom stereocenters. The lowest BCUT2D eigenvalue weighted by Crippen LogP contribution is -2.33. The molecule has 0 radical (unpaired) electrons. The molecular weight excluding hydrogens is 424 g/mol. The van der Waals surface area contributed by atoms with E-state index in [0.717, 1.165) is 25.0 Å². The molecule has 4 rings (SSSR count). The van der Waals surface area contributed by atoms with Crippen molar-refractivity contribution in [1.29, 1.82) is 0 Å². The van der Waals surface area contributed by atoms with Crippen molar-refractivity contribution in [2.75, 3.05) is 18.5 Å². The van der Waals surface area contributed by atoms with Crippen LogP contribution in [0.4, 0.5) is 16.3 Å². The van der Waals surface area contributed by atoms with Gasteiger partial charge in [0.1, 0.15) is 17.6 Å². The van der Waals surface area contributed by atoms with Crippen molar-refractivity contribution in [3.05, 3.63) is 24.0 Å². The summed E-state index contributed by atoms with van der Waals surface area (Å²) >= 11 is 0. The number of rotatable bonds is 5. The van der Waals surface area contributed by atoms with E-state index < -0.39 is 16.1 Å². The van der Waals surface area contributed by atoms with E-state index in [1.807, 2.05) is 19.9 Å². The number of anilines is 2. The van der Waals surface area contributed by atoms with Crippen LogP contribution in [0.3, 0.4) is 0 Å². The molecule has 3 heterocycles. The van der Waals surface area contributed by atoms with Crippen LogP contribution in [-0.4, -0.2) is 55.0 Å². The Labute approximate surface area is 180 Å². The first kappa shape index (κ1) is 21.4. The molecule has 0 spiro atoms. The Hall–Kier alpha value is -2.86. The maximum atomic E-state index is 12.3. The number of aromatic amines is 1. The largest absolute Gasteiger partial charge is 0.475 e. The van der Waals surface area contributed by atoms with Crippen molar-refractivity contribution < 1.29 is 22.7 Å². The highest BCUT2D eigenvalue weighted by Gasteiger charge is 2.30. The lowest BCUT2D eigenvalue weighted by Gasteiger charge is -2.14. The van der Waals surface area contributed by atoms with Crippen LogP contribution >= 0.6 is 0 Å². The topological polar surface area (TPSA) is 147 Å². The van der Waals surface area contributed by atoms with Gasteiger partial charge >= 0.3 is 6.09 Å². The van der Waals surface area contributed by atoms with Crippen LogP contribution in [0, 0.1) is 0 Å². The average molecular weight is 451 g/mol. The quantitative estimate of drug-likeness (QED) is 0.541. The molecule has 31 heavy (non-hydrogen) atoms. The zero-order valence-electron chi connectivity index (χ0n) is 17.3. The van der Waals surface area contributed by atoms with Gasteiger partial charge in [-0.3, -0.25) is 5.10 Å². The predicted octanol–water partition coefficient (Wildman–Crippen LogP) is 1.99. The Balaban J connectivity index is 1.40. The first-order valence-corrected chi connectivity index (χ1v) is 11.7. The number of nitrogens with one attached hydrogen (secondary N) is 4. The van der Waals surface area contributed by atoms with Gasteiger partial charge in [0.25, 0.3) is 0 Å². The van der Waals surface area contributed by atoms with Gasteiger partial charge in [-0.15, -0.1) is 0 Å². The first-order chi connectivity index (χ1) is 14.8. The molecule has 1 amide bonds. The number of carbonyl (C=O) groups is 1. The number of sulfonamides is 1. The van der Waals surface area contributed by atoms with Crippen molar-refractivity contribution >= 4 is 27.6 Å². The standard InChI is InChI=1S/C19H26N6O5S/c1-11(2)22-19(26)30-14-4-3-12(7-14)15-9-17(25-24-15)23-13-8-16-18(20-10-13)29-6-5-21-31(16,27)28/h8-12,14,21H,3-7H2,1-2H3,(H,22,26)(H2,23,24,25)/t12-,14+/m0/s1. The molecule has 2 aromatic rings. The summed E-state index contributed by atoms with van der Waals surface area (Å²) in [5, 5.41) is 13.1. The molecule has 0 bridgehead atoms. The summed E-state index contributed by atoms with van der Waals surface area (Å²) in [5.41, 5.74) is 1.41. The molecule has 1 fully saturated rings. The van der Waals surface area contributed by atoms with E-state index in [-0.39, 0.29) is 42.0 Å². The Morgan fingerprint density at radius 2 is 2.16 bits per heavy atom. The van der Waals surface area contributed by atoms with Gasteiger partial charge in [-0.25, -0.2) is 22.9 Å². The highest BCUT2D eigenvalue weighted by Crippen LogP contribution is 2.36. The third-order valence-electron chi connectivity index (χ3n) is 5.12. The van der Waals surface area contributed by atoms with Crippen LogP contribution in [0.25, 0.3) is 0 Å². The van der Waals surface area contributed by atoms with Gasteiger partial charge in [0.05, 0.1) is 11.9 Å². The number of carbonyl (C=O) groups excluding carboxylic acids is 1. The van der Waals surface area contributed by atoms with Crippen LogP contribution in [0.1, 0.15) is 44.7 Å². The fraction of sp³-hybridized carbons (Fsp3) is 0.526. The number of nitrogens with zero attached hydrogens (tertiary/aromatic N) is 2. The van der Waals surface area contributed by atoms with Gasteiger partial charge in [0.15, 0.2) is 5.82 Å². The van der Waals surface area contributed by atoms with Gasteiger partial charge < -0.3 is 20.1 Å². The van der Waals surface area contributed by atoms with Gasteiger partial charge in [-0.1, -0.05) is 0 Å². The van der Waals surface area contributed by atoms with Crippen LogP contribution in [-0.2, 0) is 14.8 Å². The zero-order valence-corrected chi connectivity index (χ0v) is 18.2. The lowest BCUT2D eigenvalue weighted by molar-refractivity contribution is 0.0981. The fourth-order valence-corrected chi connectivity index (χ4v) is 4.84. The Bertz CT molecular complexity index is 1050. The molecule has 1 aliphatic carbocycles. The normalized spacial score (nSPS) is 22.3. The van der Waals surface area contributed by atoms with Crippen molar-refractivity contribution in [3.8, 4) is 5.88 Å². The lowest BCUT2D eigenvalue weighted by atomic mass is 10.0. The van der Waals surface area contributed by atoms with E-state index in [4.69, 9.17) is 9.47 Å². The molecule has 0 aromatic carbocycles. The summed E-state index contributed by atoms with van der Waals surface area (Å²) in [6, 6.07) is 3.37. The van der Waals surface area contributed by atoms with Crippen molar-refractivity contribution in [1.82, 2.24) is 25.2 Å². The Kier molecular flexibility index (Phi) is 6.01. The number of aromatic nitrogens is 3. The minimum atomic E-state index is -3.68. The highest BCUT2D eigenvalue weighted by atomic mass is 32.2. The molecular formula is C19H26N6O5S. The minimum Gasteiger partial charge on any atom is -0.475 e. The maximum absolute atomic E-state index is 12.3. The van der Waals surface area contributed by atoms with Crippen molar-refractivity contribution in [3.63, 3.8) is 0 Å². The van der Waals surface area contributed by atoms with Crippen LogP contribution < -0.4 is 20.1 Å². The summed E-state index contributed by atoms with van der Waals surface area (Å²) in [6.07, 6.45) is 3.36. The molecule has 2 aliphatic rings. The molecule has 2 atom stereocenters. The zero-order chi connectivity index (χ0) is 22.0. The number of amides is 1. The Morgan fingerprint density at radius 1 is 1.32 bits per heavy atom. The third-order valence-corrected chi connectivity index (χ3v) is 6.57. The molecule has 12 heteroatoms. The number of pyridine rings is 1. The van der Waals surface area contributed by atoms with Crippen molar-refractivity contribution in [2.45, 2.75) is 56.1 Å². The number of H-pyrrole nitrogens is 1. The molecule has 1 saturated carbocycles. The highest BCUT2D eigenvalue weighted by molar-refractivity contribution is 7.89. The summed E-state index contributed by atoms with van der Waals surface area (Å²) in [6.45, 7) is 4.18. The number of hydrogen-bond acceptors (Lipinski definition) is 8. The molecule has 1 aliphatic heterocycles. The SMILES string of the molecule is CC(C)NC(=O)O[C@@H]1CC[C@H](c2cc(Nc3cnc4c(c3)S(=O)(=O)NCCO4)n[nH]2)C1. The fourth-order valence-electron chi connectivity index (χ4n) is 3.71. The van der Waals surface area contributed by atoms with E-state index in [2.05, 4.69) is 30.5 Å². The second kappa shape index (κ2) is 8.71. The van der Waals surface area contributed by atoms with E-state index in [9.17, 15) is 13.2 Å². The number of hydrogen-bond donors (Lipinski definition) is 4. The van der Waals surface area contributed by atoms with E-state index in [1.54, 1.807) is 0 Å². The van der Waals surface area contributed by atoms with Crippen LogP contribution in [0.15, 0.2) is 23.2 Å². The van der Waals surface area contributed by atoms with E-state index in [1.165, 1.54) is 12.3 Å². The molecule has 4 N–H and O–H groups in total. The predicted molar refractivity (Wildman–Crippen MR) is 112 cm³/mol. The summed E-state index contributed by atoms with van der Waals surface area (Å²) in [7, 11) is -3.68. The van der Waals surface area contributed by atoms with Crippen LogP contribution in [0.2, 0.25) is 0 Å². The second-order valence-electron chi connectivity index (χ2n) is 7.94. The molecule has 11 nitrogen and oxygen atoms in total. The minimum absolute atomic E-state index is 0.0128. The average Bonchev–Trinajstić information content (AvgIpc) is 3.31. The van der Waals surface area contributed by atoms with Gasteiger partial charge in [-0.05, 0) is 39.2 Å². The molecule has 168 valence electrons. The third kappa shape index (κ3) is 5.07. The number of ether oxygens (including phenoxy) is 2. The second-order valence-corrected chi connectivity index (χ2v) is 9.68. The monoisotopic (exact) mass is 450 g/mol. The van der Waals surface area contributed by atoms with Crippen LogP contribution in [0.5, 0.6) is 5.88 Å². The first-order valence-electron chi connectivity index (χ1n) is 10.2. The summed E-state index contributed by atoms with van der Waals surface area (Å²) in [5.74, 6) is 0.818. The van der Waals surface area contributed by atoms with Gasteiger partial charge in [0, 0.05) is 30.3 Å². The maximum Gasteiger partial charge on any atom is 0.407 e. The van der Waals surface area contributed by atoms with E-state index >= 15 is 0 Å². The summed E-state index contributed by atoms with van der Waals surface area (Å²) in [4.78, 5) is 15.9. The number of alkyl carbamates (subject to hydrolysis) is 1. The molecule has 2 aromatic heterocycles. The van der Waals surface area contributed by atoms with Crippen molar-refractivity contribution in [2.24, 2.45) is 0 Å². The van der Waals surface area contributed by atoms with E-state index in [0.29, 0.717) is 11.5 Å². The molecule has 0 saturated heterocycles. The number of fused-ring (bicyclic) bond motifs is 1. The van der Waals surface area contributed by atoms with Gasteiger partial charge in [-0.2, -0.15) is 5.10 Å². The smallest absolute Gasteiger partial charge is 0.407 e. The Morgan fingerprint density at radius 3 is 2.97 bits per heavy atom. The van der Waals surface area contributed by atoms with Gasteiger partial charge in [0.2, 0.25) is 15.9 Å². The summed E-state index contributed by atoms with van der Waals surface area (Å²) < 4.78 is 37.9.